The predicted octanol–water partition coefficient (Wildman–Crippen LogP) is 3.75. The molecule has 1 aliphatic heterocycles. The van der Waals surface area contributed by atoms with Gasteiger partial charge in [0.2, 0.25) is 0 Å². The Hall–Kier alpha value is -2.89. The van der Waals surface area contributed by atoms with E-state index in [9.17, 15) is 14.9 Å². The highest BCUT2D eigenvalue weighted by Gasteiger charge is 2.35. The molecule has 2 atom stereocenters. The summed E-state index contributed by atoms with van der Waals surface area (Å²) >= 11 is 0. The lowest BCUT2D eigenvalue weighted by atomic mass is 10.0. The van der Waals surface area contributed by atoms with Crippen molar-refractivity contribution in [3.63, 3.8) is 0 Å². The molecule has 0 saturated carbocycles. The van der Waals surface area contributed by atoms with Gasteiger partial charge >= 0.3 is 0 Å². The van der Waals surface area contributed by atoms with Gasteiger partial charge in [0, 0.05) is 24.1 Å². The van der Waals surface area contributed by atoms with Crippen molar-refractivity contribution in [2.24, 2.45) is 5.92 Å². The molecule has 3 rings (SSSR count). The number of hydrogen-bond donors (Lipinski definition) is 0. The molecule has 2 unspecified atom stereocenters. The minimum atomic E-state index is -0.443. The number of nitro benzene ring substituents is 1. The van der Waals surface area contributed by atoms with Crippen molar-refractivity contribution in [2.45, 2.75) is 26.9 Å². The first-order valence-corrected chi connectivity index (χ1v) is 8.63. The van der Waals surface area contributed by atoms with Crippen molar-refractivity contribution in [1.29, 1.82) is 0 Å². The number of nitrogens with zero attached hydrogens (tertiary/aromatic N) is 2. The Morgan fingerprint density at radius 2 is 1.96 bits per heavy atom. The highest BCUT2D eigenvalue weighted by Crippen LogP contribution is 2.27. The molecule has 0 aromatic heterocycles. The van der Waals surface area contributed by atoms with Crippen molar-refractivity contribution in [2.75, 3.05) is 13.1 Å². The molecule has 0 aliphatic carbocycles. The van der Waals surface area contributed by atoms with Gasteiger partial charge in [-0.25, -0.2) is 0 Å². The third-order valence-electron chi connectivity index (χ3n) is 4.77. The van der Waals surface area contributed by atoms with Gasteiger partial charge in [-0.3, -0.25) is 14.9 Å². The molecule has 1 saturated heterocycles. The fourth-order valence-electron chi connectivity index (χ4n) is 3.24. The monoisotopic (exact) mass is 354 g/mol. The first-order chi connectivity index (χ1) is 12.3. The van der Waals surface area contributed by atoms with Gasteiger partial charge in [0.15, 0.2) is 0 Å². The maximum absolute atomic E-state index is 12.9. The number of aryl methyl sites for hydroxylation is 2. The molecule has 2 aromatic rings. The van der Waals surface area contributed by atoms with E-state index in [1.54, 1.807) is 17.0 Å². The maximum atomic E-state index is 12.9. The Labute approximate surface area is 152 Å². The molecule has 26 heavy (non-hydrogen) atoms. The lowest BCUT2D eigenvalue weighted by molar-refractivity contribution is -0.385. The quantitative estimate of drug-likeness (QED) is 0.619. The average Bonchev–Trinajstić information content (AvgIpc) is 2.97. The summed E-state index contributed by atoms with van der Waals surface area (Å²) in [6, 6.07) is 12.0. The van der Waals surface area contributed by atoms with Crippen LogP contribution in [0.15, 0.2) is 42.5 Å². The molecule has 0 spiro atoms. The number of ether oxygens (including phenoxy) is 1. The number of hydrogen-bond acceptors (Lipinski definition) is 4. The van der Waals surface area contributed by atoms with Gasteiger partial charge in [-0.05, 0) is 31.5 Å². The van der Waals surface area contributed by atoms with E-state index < -0.39 is 4.92 Å². The Kier molecular flexibility index (Phi) is 4.93. The van der Waals surface area contributed by atoms with Gasteiger partial charge in [0.25, 0.3) is 11.6 Å². The third kappa shape index (κ3) is 3.69. The van der Waals surface area contributed by atoms with Crippen molar-refractivity contribution >= 4 is 11.6 Å². The van der Waals surface area contributed by atoms with Crippen molar-refractivity contribution < 1.29 is 14.5 Å². The number of non-ortho nitro benzene ring substituents is 1. The van der Waals surface area contributed by atoms with Crippen LogP contribution in [-0.4, -0.2) is 34.9 Å². The smallest absolute Gasteiger partial charge is 0.273 e. The molecule has 2 aromatic carbocycles. The largest absolute Gasteiger partial charge is 0.488 e. The Balaban J connectivity index is 1.73. The average molecular weight is 354 g/mol. The van der Waals surface area contributed by atoms with E-state index in [2.05, 4.69) is 0 Å². The molecule has 1 heterocycles. The summed E-state index contributed by atoms with van der Waals surface area (Å²) in [7, 11) is 0. The van der Waals surface area contributed by atoms with Crippen molar-refractivity contribution in [1.82, 2.24) is 4.90 Å². The Morgan fingerprint density at radius 3 is 2.69 bits per heavy atom. The number of likely N-dealkylation sites (tertiary alicyclic amines) is 1. The SMILES string of the molecule is Cc1ccc(C)c(C(=O)N2CC(C)C(Oc3cccc([N+](=O)[O-])c3)C2)c1. The number of carbonyl (C=O) groups is 1. The molecule has 0 N–H and O–H groups in total. The van der Waals surface area contributed by atoms with E-state index in [1.165, 1.54) is 12.1 Å². The summed E-state index contributed by atoms with van der Waals surface area (Å²) in [6.07, 6.45) is -0.189. The number of rotatable bonds is 4. The van der Waals surface area contributed by atoms with E-state index in [4.69, 9.17) is 4.74 Å². The van der Waals surface area contributed by atoms with E-state index in [0.717, 1.165) is 11.1 Å². The molecular formula is C20H22N2O4. The second-order valence-corrected chi connectivity index (χ2v) is 6.92. The van der Waals surface area contributed by atoms with Gasteiger partial charge in [0.05, 0.1) is 17.5 Å². The van der Waals surface area contributed by atoms with Crippen LogP contribution in [0.3, 0.4) is 0 Å². The molecular weight excluding hydrogens is 332 g/mol. The summed E-state index contributed by atoms with van der Waals surface area (Å²) in [6.45, 7) is 7.00. The summed E-state index contributed by atoms with van der Waals surface area (Å²) in [5, 5.41) is 10.9. The second kappa shape index (κ2) is 7.15. The molecule has 1 fully saturated rings. The van der Waals surface area contributed by atoms with Crippen LogP contribution in [0.25, 0.3) is 0 Å². The van der Waals surface area contributed by atoms with E-state index in [-0.39, 0.29) is 23.6 Å². The third-order valence-corrected chi connectivity index (χ3v) is 4.77. The first kappa shape index (κ1) is 17.9. The van der Waals surface area contributed by atoms with Gasteiger partial charge in [-0.1, -0.05) is 30.7 Å². The molecule has 6 nitrogen and oxygen atoms in total. The molecule has 1 amide bonds. The predicted molar refractivity (Wildman–Crippen MR) is 98.5 cm³/mol. The van der Waals surface area contributed by atoms with Crippen LogP contribution in [0.1, 0.15) is 28.4 Å². The molecule has 6 heteroatoms. The van der Waals surface area contributed by atoms with Crippen LogP contribution < -0.4 is 4.74 Å². The maximum Gasteiger partial charge on any atom is 0.273 e. The summed E-state index contributed by atoms with van der Waals surface area (Å²) < 4.78 is 5.95. The van der Waals surface area contributed by atoms with E-state index in [1.807, 2.05) is 39.0 Å². The number of carbonyl (C=O) groups excluding carboxylic acids is 1. The zero-order chi connectivity index (χ0) is 18.8. The summed E-state index contributed by atoms with van der Waals surface area (Å²) in [5.74, 6) is 0.601. The number of nitro groups is 1. The van der Waals surface area contributed by atoms with Crippen LogP contribution in [0.2, 0.25) is 0 Å². The van der Waals surface area contributed by atoms with Crippen LogP contribution in [0, 0.1) is 29.9 Å². The highest BCUT2D eigenvalue weighted by atomic mass is 16.6. The molecule has 1 aliphatic rings. The molecule has 0 bridgehead atoms. The molecule has 136 valence electrons. The first-order valence-electron chi connectivity index (χ1n) is 8.63. The standard InChI is InChI=1S/C20H22N2O4/c1-13-7-8-14(2)18(9-13)20(23)21-11-15(3)19(12-21)26-17-6-4-5-16(10-17)22(24)25/h4-10,15,19H,11-12H2,1-3H3. The highest BCUT2D eigenvalue weighted by molar-refractivity contribution is 5.96. The topological polar surface area (TPSA) is 72.7 Å². The van der Waals surface area contributed by atoms with Crippen molar-refractivity contribution in [3.8, 4) is 5.75 Å². The van der Waals surface area contributed by atoms with E-state index in [0.29, 0.717) is 24.4 Å². The van der Waals surface area contributed by atoms with Gasteiger partial charge in [-0.15, -0.1) is 0 Å². The normalized spacial score (nSPS) is 19.4. The summed E-state index contributed by atoms with van der Waals surface area (Å²) in [4.78, 5) is 25.2. The summed E-state index contributed by atoms with van der Waals surface area (Å²) in [5.41, 5.74) is 2.72. The van der Waals surface area contributed by atoms with Crippen LogP contribution in [0.5, 0.6) is 5.75 Å². The Morgan fingerprint density at radius 1 is 1.19 bits per heavy atom. The lowest BCUT2D eigenvalue weighted by Gasteiger charge is -2.19. The zero-order valence-electron chi connectivity index (χ0n) is 15.1. The van der Waals surface area contributed by atoms with E-state index >= 15 is 0 Å². The van der Waals surface area contributed by atoms with Crippen LogP contribution in [-0.2, 0) is 0 Å². The van der Waals surface area contributed by atoms with Crippen LogP contribution >= 0.6 is 0 Å². The number of amides is 1. The fourth-order valence-corrected chi connectivity index (χ4v) is 3.24. The second-order valence-electron chi connectivity index (χ2n) is 6.92. The van der Waals surface area contributed by atoms with Crippen LogP contribution in [0.4, 0.5) is 5.69 Å². The van der Waals surface area contributed by atoms with Gasteiger partial charge in [-0.2, -0.15) is 0 Å². The minimum absolute atomic E-state index is 0.00296. The fraction of sp³-hybridized carbons (Fsp3) is 0.350. The zero-order valence-corrected chi connectivity index (χ0v) is 15.1. The molecule has 0 radical (unpaired) electrons. The lowest BCUT2D eigenvalue weighted by Crippen LogP contribution is -2.31. The van der Waals surface area contributed by atoms with Gasteiger partial charge in [0.1, 0.15) is 11.9 Å². The number of benzene rings is 2. The Bertz CT molecular complexity index is 849. The van der Waals surface area contributed by atoms with Gasteiger partial charge < -0.3 is 9.64 Å². The minimum Gasteiger partial charge on any atom is -0.488 e. The van der Waals surface area contributed by atoms with Crippen molar-refractivity contribution in [3.05, 3.63) is 69.3 Å².